The van der Waals surface area contributed by atoms with Crippen molar-refractivity contribution in [2.75, 3.05) is 19.5 Å². The summed E-state index contributed by atoms with van der Waals surface area (Å²) >= 11 is 5.95. The van der Waals surface area contributed by atoms with Crippen molar-refractivity contribution in [3.8, 4) is 23.0 Å². The molecule has 0 aliphatic carbocycles. The molecule has 1 N–H and O–H groups in total. The molecule has 0 bridgehead atoms. The lowest BCUT2D eigenvalue weighted by molar-refractivity contribution is -0.137. The summed E-state index contributed by atoms with van der Waals surface area (Å²) in [6, 6.07) is 8.10. The molecule has 28 heavy (non-hydrogen) atoms. The number of nitrogens with one attached hydrogen (secondary N) is 1. The van der Waals surface area contributed by atoms with Crippen LogP contribution in [0.4, 0.5) is 18.9 Å². The molecule has 148 valence electrons. The summed E-state index contributed by atoms with van der Waals surface area (Å²) in [4.78, 5) is 0. The van der Waals surface area contributed by atoms with Gasteiger partial charge < -0.3 is 19.2 Å². The summed E-state index contributed by atoms with van der Waals surface area (Å²) in [5.41, 5.74) is -0.0909. The molecule has 2 aromatic carbocycles. The molecule has 3 aromatic rings. The quantitative estimate of drug-likeness (QED) is 0.610. The van der Waals surface area contributed by atoms with Gasteiger partial charge in [-0.1, -0.05) is 11.6 Å². The second-order valence-electron chi connectivity index (χ2n) is 5.62. The third kappa shape index (κ3) is 4.30. The Bertz CT molecular complexity index is 976. The van der Waals surface area contributed by atoms with Crippen molar-refractivity contribution in [1.29, 1.82) is 0 Å². The van der Waals surface area contributed by atoms with Crippen LogP contribution in [0.3, 0.4) is 0 Å². The summed E-state index contributed by atoms with van der Waals surface area (Å²) in [7, 11) is 3.02. The van der Waals surface area contributed by atoms with Crippen molar-refractivity contribution in [2.24, 2.45) is 0 Å². The van der Waals surface area contributed by atoms with Crippen LogP contribution in [0.2, 0.25) is 5.02 Å². The third-order valence-electron chi connectivity index (χ3n) is 3.82. The van der Waals surface area contributed by atoms with E-state index in [1.54, 1.807) is 18.2 Å². The predicted molar refractivity (Wildman–Crippen MR) is 96.6 cm³/mol. The minimum atomic E-state index is -4.47. The zero-order valence-electron chi connectivity index (χ0n) is 14.8. The summed E-state index contributed by atoms with van der Waals surface area (Å²) in [5.74, 6) is 1.45. The summed E-state index contributed by atoms with van der Waals surface area (Å²) in [5, 5.41) is 10.8. The molecule has 0 saturated heterocycles. The lowest BCUT2D eigenvalue weighted by atomic mass is 10.2. The van der Waals surface area contributed by atoms with E-state index in [2.05, 4.69) is 15.5 Å². The minimum absolute atomic E-state index is 0.00131. The number of ether oxygens (including phenoxy) is 2. The van der Waals surface area contributed by atoms with Crippen molar-refractivity contribution >= 4 is 17.3 Å². The number of rotatable bonds is 6. The zero-order valence-corrected chi connectivity index (χ0v) is 15.6. The molecule has 0 saturated carbocycles. The smallest absolute Gasteiger partial charge is 0.416 e. The number of aromatic nitrogens is 2. The topological polar surface area (TPSA) is 69.4 Å². The second-order valence-corrected chi connectivity index (χ2v) is 6.02. The molecule has 0 aliphatic rings. The fourth-order valence-corrected chi connectivity index (χ4v) is 2.60. The monoisotopic (exact) mass is 413 g/mol. The number of hydrogen-bond donors (Lipinski definition) is 1. The van der Waals surface area contributed by atoms with E-state index >= 15 is 0 Å². The molecule has 0 aliphatic heterocycles. The van der Waals surface area contributed by atoms with E-state index < -0.39 is 11.7 Å². The average molecular weight is 414 g/mol. The molecule has 0 fully saturated rings. The number of hydrogen-bond acceptors (Lipinski definition) is 6. The summed E-state index contributed by atoms with van der Waals surface area (Å²) in [6.45, 7) is 0.00131. The number of halogens is 4. The average Bonchev–Trinajstić information content (AvgIpc) is 3.15. The Hall–Kier alpha value is -2.94. The Morgan fingerprint density at radius 1 is 1.04 bits per heavy atom. The highest BCUT2D eigenvalue weighted by Crippen LogP contribution is 2.34. The Morgan fingerprint density at radius 3 is 2.46 bits per heavy atom. The molecule has 0 radical (unpaired) electrons. The minimum Gasteiger partial charge on any atom is -0.493 e. The van der Waals surface area contributed by atoms with E-state index in [-0.39, 0.29) is 29.0 Å². The van der Waals surface area contributed by atoms with E-state index in [0.29, 0.717) is 17.1 Å². The van der Waals surface area contributed by atoms with E-state index in [1.165, 1.54) is 20.3 Å². The zero-order chi connectivity index (χ0) is 20.3. The molecule has 0 atom stereocenters. The van der Waals surface area contributed by atoms with Gasteiger partial charge in [0, 0.05) is 5.56 Å². The highest BCUT2D eigenvalue weighted by Gasteiger charge is 2.31. The first kappa shape index (κ1) is 19.8. The SMILES string of the molecule is COc1ccc(-c2nnc(CNc3cc(C(F)(F)F)ccc3Cl)o2)cc1OC. The van der Waals surface area contributed by atoms with Crippen LogP contribution in [0.1, 0.15) is 11.5 Å². The number of nitrogens with zero attached hydrogens (tertiary/aromatic N) is 2. The highest BCUT2D eigenvalue weighted by atomic mass is 35.5. The summed E-state index contributed by atoms with van der Waals surface area (Å²) in [6.07, 6.45) is -4.47. The van der Waals surface area contributed by atoms with Crippen molar-refractivity contribution in [1.82, 2.24) is 10.2 Å². The van der Waals surface area contributed by atoms with Gasteiger partial charge in [0.05, 0.1) is 37.0 Å². The van der Waals surface area contributed by atoms with Gasteiger partial charge in [0.15, 0.2) is 11.5 Å². The van der Waals surface area contributed by atoms with E-state index in [9.17, 15) is 13.2 Å². The van der Waals surface area contributed by atoms with Crippen LogP contribution in [-0.4, -0.2) is 24.4 Å². The maximum absolute atomic E-state index is 12.8. The van der Waals surface area contributed by atoms with E-state index in [1.807, 2.05) is 0 Å². The maximum Gasteiger partial charge on any atom is 0.416 e. The Balaban J connectivity index is 1.76. The fraction of sp³-hybridized carbons (Fsp3) is 0.222. The van der Waals surface area contributed by atoms with Crippen LogP contribution in [-0.2, 0) is 12.7 Å². The van der Waals surface area contributed by atoms with Gasteiger partial charge in [-0.2, -0.15) is 13.2 Å². The maximum atomic E-state index is 12.8. The number of benzene rings is 2. The third-order valence-corrected chi connectivity index (χ3v) is 4.15. The molecule has 1 heterocycles. The number of alkyl halides is 3. The fourth-order valence-electron chi connectivity index (χ4n) is 2.42. The molecule has 0 amide bonds. The van der Waals surface area contributed by atoms with Gasteiger partial charge in [-0.3, -0.25) is 0 Å². The highest BCUT2D eigenvalue weighted by molar-refractivity contribution is 6.33. The van der Waals surface area contributed by atoms with Crippen molar-refractivity contribution < 1.29 is 27.1 Å². The molecule has 3 rings (SSSR count). The van der Waals surface area contributed by atoms with Gasteiger partial charge in [-0.15, -0.1) is 10.2 Å². The van der Waals surface area contributed by atoms with Gasteiger partial charge in [-0.25, -0.2) is 0 Å². The largest absolute Gasteiger partial charge is 0.493 e. The lowest BCUT2D eigenvalue weighted by Crippen LogP contribution is -2.07. The Labute approximate surface area is 163 Å². The molecular formula is C18H15ClF3N3O3. The van der Waals surface area contributed by atoms with Crippen LogP contribution in [0.5, 0.6) is 11.5 Å². The van der Waals surface area contributed by atoms with Crippen LogP contribution >= 0.6 is 11.6 Å². The van der Waals surface area contributed by atoms with E-state index in [0.717, 1.165) is 12.1 Å². The first-order valence-corrected chi connectivity index (χ1v) is 8.35. The van der Waals surface area contributed by atoms with Crippen molar-refractivity contribution in [2.45, 2.75) is 12.7 Å². The molecular weight excluding hydrogens is 399 g/mol. The van der Waals surface area contributed by atoms with Gasteiger partial charge in [-0.05, 0) is 36.4 Å². The molecule has 10 heteroatoms. The van der Waals surface area contributed by atoms with Gasteiger partial charge in [0.2, 0.25) is 11.8 Å². The first-order chi connectivity index (χ1) is 13.3. The molecule has 0 unspecified atom stereocenters. The molecule has 6 nitrogen and oxygen atoms in total. The van der Waals surface area contributed by atoms with Gasteiger partial charge in [0.1, 0.15) is 0 Å². The standard InChI is InChI=1S/C18H15ClF3N3O3/c1-26-14-6-3-10(7-15(14)27-2)17-25-24-16(28-17)9-23-13-8-11(18(20,21)22)4-5-12(13)19/h3-8,23H,9H2,1-2H3. The predicted octanol–water partition coefficient (Wildman–Crippen LogP) is 5.04. The van der Waals surface area contributed by atoms with Crippen molar-refractivity contribution in [3.05, 3.63) is 52.9 Å². The van der Waals surface area contributed by atoms with Gasteiger partial charge in [0.25, 0.3) is 0 Å². The van der Waals surface area contributed by atoms with Crippen LogP contribution in [0.25, 0.3) is 11.5 Å². The molecule has 0 spiro atoms. The van der Waals surface area contributed by atoms with Gasteiger partial charge >= 0.3 is 6.18 Å². The number of anilines is 1. The second kappa shape index (κ2) is 7.97. The summed E-state index contributed by atoms with van der Waals surface area (Å²) < 4.78 is 54.5. The van der Waals surface area contributed by atoms with Crippen LogP contribution in [0, 0.1) is 0 Å². The van der Waals surface area contributed by atoms with Crippen LogP contribution < -0.4 is 14.8 Å². The Kier molecular flexibility index (Phi) is 5.64. The normalized spacial score (nSPS) is 11.4. The lowest BCUT2D eigenvalue weighted by Gasteiger charge is -2.11. The van der Waals surface area contributed by atoms with Crippen molar-refractivity contribution in [3.63, 3.8) is 0 Å². The first-order valence-electron chi connectivity index (χ1n) is 7.97. The molecule has 1 aromatic heterocycles. The van der Waals surface area contributed by atoms with E-state index in [4.69, 9.17) is 25.5 Å². The van der Waals surface area contributed by atoms with Crippen LogP contribution in [0.15, 0.2) is 40.8 Å². The Morgan fingerprint density at radius 2 is 1.79 bits per heavy atom. The number of methoxy groups -OCH3 is 2.